The number of aliphatic hydroxyl groups excluding tert-OH is 2. The number of hydrogen-bond donors (Lipinski definition) is 2. The topological polar surface area (TPSA) is 57.5 Å². The zero-order valence-corrected chi connectivity index (χ0v) is 7.33. The van der Waals surface area contributed by atoms with Crippen molar-refractivity contribution >= 4 is 16.0 Å². The Bertz CT molecular complexity index is 105. The zero-order valence-electron chi connectivity index (χ0n) is 5.92. The molecule has 1 atom stereocenters. The Morgan fingerprint density at radius 3 is 2.60 bits per heavy atom. The summed E-state index contributed by atoms with van der Waals surface area (Å²) in [5, 5.41) is 17.1. The summed E-state index contributed by atoms with van der Waals surface area (Å²) in [7, 11) is 1.80. The zero-order chi connectivity index (χ0) is 7.98. The van der Waals surface area contributed by atoms with Gasteiger partial charge in [0, 0.05) is 16.7 Å². The van der Waals surface area contributed by atoms with Crippen molar-refractivity contribution in [2.24, 2.45) is 0 Å². The maximum absolute atomic E-state index is 10.7. The summed E-state index contributed by atoms with van der Waals surface area (Å²) < 4.78 is 0. The molecule has 4 heteroatoms. The molecule has 0 amide bonds. The second kappa shape index (κ2) is 5.58. The van der Waals surface area contributed by atoms with Gasteiger partial charge in [-0.15, -0.1) is 0 Å². The van der Waals surface area contributed by atoms with Gasteiger partial charge in [0.15, 0.2) is 5.78 Å². The average molecular weight is 161 g/mol. The predicted molar refractivity (Wildman–Crippen MR) is 40.7 cm³/mol. The van der Waals surface area contributed by atoms with E-state index >= 15 is 0 Å². The maximum atomic E-state index is 10.7. The molecule has 0 aliphatic carbocycles. The lowest BCUT2D eigenvalue weighted by atomic mass is 10.1. The molecule has 0 aromatic carbocycles. The van der Waals surface area contributed by atoms with Crippen LogP contribution in [0.3, 0.4) is 0 Å². The molecule has 3 nitrogen and oxygen atoms in total. The van der Waals surface area contributed by atoms with Gasteiger partial charge >= 0.3 is 0 Å². The van der Waals surface area contributed by atoms with Crippen LogP contribution in [0.25, 0.3) is 0 Å². The van der Waals surface area contributed by atoms with Gasteiger partial charge in [-0.2, -0.15) is 0 Å². The lowest BCUT2D eigenvalue weighted by Crippen LogP contribution is -2.23. The van der Waals surface area contributed by atoms with E-state index in [2.05, 4.69) is 0 Å². The molecule has 0 aromatic rings. The molecule has 0 aliphatic rings. The van der Waals surface area contributed by atoms with Crippen LogP contribution in [0.5, 0.6) is 0 Å². The number of hydrogen-bond acceptors (Lipinski definition) is 3. The van der Waals surface area contributed by atoms with E-state index in [9.17, 15) is 4.79 Å². The largest absolute Gasteiger partial charge is 0.393 e. The van der Waals surface area contributed by atoms with Crippen LogP contribution < -0.4 is 0 Å². The molecule has 1 unspecified atom stereocenters. The number of ketones is 1. The lowest BCUT2D eigenvalue weighted by Gasteiger charge is -2.03. The molecular weight excluding hydrogens is 148 g/mol. The smallest absolute Gasteiger partial charge is 0.163 e. The van der Waals surface area contributed by atoms with Crippen LogP contribution in [-0.4, -0.2) is 38.9 Å². The van der Waals surface area contributed by atoms with Gasteiger partial charge in [0.05, 0.1) is 6.61 Å². The molecule has 2 N–H and O–H groups in total. The first-order chi connectivity index (χ1) is 4.72. The van der Waals surface area contributed by atoms with Gasteiger partial charge in [0.25, 0.3) is 0 Å². The van der Waals surface area contributed by atoms with Gasteiger partial charge in [-0.25, -0.2) is 0 Å². The molecule has 0 spiro atoms. The van der Waals surface area contributed by atoms with Gasteiger partial charge in [-0.05, 0) is 6.42 Å². The van der Waals surface area contributed by atoms with E-state index in [1.165, 1.54) is 0 Å². The average Bonchev–Trinajstić information content (AvgIpc) is 1.98. The highest BCUT2D eigenvalue weighted by Gasteiger charge is 2.11. The van der Waals surface area contributed by atoms with Gasteiger partial charge in [-0.1, -0.05) is 6.04 Å². The van der Waals surface area contributed by atoms with Crippen LogP contribution in [0, 0.1) is 0 Å². The number of aliphatic hydroxyl groups is 2. The van der Waals surface area contributed by atoms with Crippen LogP contribution in [0.4, 0.5) is 0 Å². The molecule has 59 valence electrons. The summed E-state index contributed by atoms with van der Waals surface area (Å²) in [4.78, 5) is 10.7. The Labute approximate surface area is 63.5 Å². The summed E-state index contributed by atoms with van der Waals surface area (Å²) in [6.45, 7) is -0.454. The minimum absolute atomic E-state index is 0.255. The molecule has 0 saturated carbocycles. The lowest BCUT2D eigenvalue weighted by molar-refractivity contribution is -0.128. The predicted octanol–water partition coefficient (Wildman–Crippen LogP) is -1.26. The fraction of sp³-hybridized carbons (Fsp3) is 0.833. The van der Waals surface area contributed by atoms with E-state index in [1.807, 2.05) is 0 Å². The van der Waals surface area contributed by atoms with Gasteiger partial charge in [0.1, 0.15) is 6.10 Å². The van der Waals surface area contributed by atoms with Gasteiger partial charge < -0.3 is 10.2 Å². The molecule has 0 bridgehead atoms. The minimum Gasteiger partial charge on any atom is -0.393 e. The Morgan fingerprint density at radius 2 is 2.20 bits per heavy atom. The summed E-state index contributed by atoms with van der Waals surface area (Å²) in [5.74, 6) is -0.255. The molecule has 0 heterocycles. The first-order valence-electron chi connectivity index (χ1n) is 3.33. The monoisotopic (exact) mass is 161 g/mol. The normalized spacial score (nSPS) is 13.1. The molecule has 0 aliphatic heterocycles. The number of rotatable bonds is 5. The summed E-state index contributed by atoms with van der Waals surface area (Å²) in [5.41, 5.74) is 0. The standard InChI is InChI=1S/C6H13O3Si/c7-4-6(9)5(8)2-1-3-10/h6-7,9H,1-4,10H2. The fourth-order valence-corrected chi connectivity index (χ4v) is 0.818. The van der Waals surface area contributed by atoms with Crippen molar-refractivity contribution in [3.8, 4) is 0 Å². The van der Waals surface area contributed by atoms with Crippen LogP contribution in [0.15, 0.2) is 0 Å². The molecular formula is C6H13O3Si. The van der Waals surface area contributed by atoms with Crippen molar-refractivity contribution in [1.82, 2.24) is 0 Å². The Kier molecular flexibility index (Phi) is 5.47. The summed E-state index contributed by atoms with van der Waals surface area (Å²) >= 11 is 0. The van der Waals surface area contributed by atoms with Gasteiger partial charge in [-0.3, -0.25) is 4.79 Å². The van der Waals surface area contributed by atoms with Crippen molar-refractivity contribution in [1.29, 1.82) is 0 Å². The van der Waals surface area contributed by atoms with Crippen molar-refractivity contribution < 1.29 is 15.0 Å². The Hall–Kier alpha value is -0.193. The highest BCUT2D eigenvalue weighted by molar-refractivity contribution is 6.08. The Balaban J connectivity index is 3.42. The van der Waals surface area contributed by atoms with Crippen molar-refractivity contribution in [3.63, 3.8) is 0 Å². The molecule has 0 rings (SSSR count). The summed E-state index contributed by atoms with van der Waals surface area (Å²) in [6, 6.07) is 0.962. The summed E-state index contributed by atoms with van der Waals surface area (Å²) in [6.07, 6.45) is 0.0226. The van der Waals surface area contributed by atoms with Crippen LogP contribution in [0.2, 0.25) is 6.04 Å². The third-order valence-corrected chi connectivity index (χ3v) is 1.72. The van der Waals surface area contributed by atoms with E-state index in [4.69, 9.17) is 10.2 Å². The first kappa shape index (κ1) is 9.81. The molecule has 0 fully saturated rings. The minimum atomic E-state index is -1.16. The Morgan fingerprint density at radius 1 is 1.60 bits per heavy atom. The molecule has 0 saturated heterocycles. The second-order valence-corrected chi connectivity index (χ2v) is 2.83. The molecule has 10 heavy (non-hydrogen) atoms. The van der Waals surface area contributed by atoms with E-state index < -0.39 is 12.7 Å². The second-order valence-electron chi connectivity index (χ2n) is 2.12. The molecule has 1 radical (unpaired) electrons. The van der Waals surface area contributed by atoms with E-state index in [0.717, 1.165) is 12.5 Å². The van der Waals surface area contributed by atoms with Crippen molar-refractivity contribution in [2.45, 2.75) is 25.0 Å². The number of Topliss-reactive ketones (excluding diaryl/α,β-unsaturated/α-hetero) is 1. The van der Waals surface area contributed by atoms with Crippen molar-refractivity contribution in [3.05, 3.63) is 0 Å². The highest BCUT2D eigenvalue weighted by Crippen LogP contribution is 1.97. The first-order valence-corrected chi connectivity index (χ1v) is 4.33. The van der Waals surface area contributed by atoms with Crippen LogP contribution in [-0.2, 0) is 4.79 Å². The van der Waals surface area contributed by atoms with Gasteiger partial charge in [0.2, 0.25) is 0 Å². The quantitative estimate of drug-likeness (QED) is 0.495. The highest BCUT2D eigenvalue weighted by atomic mass is 28.1. The van der Waals surface area contributed by atoms with E-state index in [0.29, 0.717) is 6.42 Å². The number of carbonyl (C=O) groups is 1. The van der Waals surface area contributed by atoms with Crippen LogP contribution >= 0.6 is 0 Å². The van der Waals surface area contributed by atoms with Crippen LogP contribution in [0.1, 0.15) is 12.8 Å². The third kappa shape index (κ3) is 3.76. The number of carbonyl (C=O) groups excluding carboxylic acids is 1. The molecule has 0 aromatic heterocycles. The SMILES string of the molecule is O=C(CCC[SiH2])C(O)CO. The van der Waals surface area contributed by atoms with E-state index in [1.54, 1.807) is 10.2 Å². The fourth-order valence-electron chi connectivity index (χ4n) is 0.568. The van der Waals surface area contributed by atoms with Crippen molar-refractivity contribution in [2.75, 3.05) is 6.61 Å². The van der Waals surface area contributed by atoms with E-state index in [-0.39, 0.29) is 5.78 Å². The maximum Gasteiger partial charge on any atom is 0.163 e. The third-order valence-electron chi connectivity index (χ3n) is 1.22.